The molecule has 1 aromatic carbocycles. The summed E-state index contributed by atoms with van der Waals surface area (Å²) in [6.45, 7) is 3.89. The number of halogens is 1. The molecule has 1 aliphatic rings. The second-order valence-corrected chi connectivity index (χ2v) is 7.16. The lowest BCUT2D eigenvalue weighted by Crippen LogP contribution is -2.31. The number of rotatable bonds is 5. The first-order chi connectivity index (χ1) is 13.5. The molecule has 1 amide bonds. The maximum atomic E-state index is 12.1. The van der Waals surface area contributed by atoms with Crippen LogP contribution in [-0.2, 0) is 4.79 Å². The number of nitrogens with zero attached hydrogens (tertiary/aromatic N) is 5. The fourth-order valence-electron chi connectivity index (χ4n) is 3.12. The zero-order valence-corrected chi connectivity index (χ0v) is 16.2. The van der Waals surface area contributed by atoms with E-state index in [0.29, 0.717) is 34.9 Å². The van der Waals surface area contributed by atoms with Crippen molar-refractivity contribution in [1.82, 2.24) is 20.1 Å². The van der Waals surface area contributed by atoms with Crippen molar-refractivity contribution < 1.29 is 9.32 Å². The van der Waals surface area contributed by atoms with E-state index in [-0.39, 0.29) is 18.0 Å². The van der Waals surface area contributed by atoms with Crippen LogP contribution in [0.2, 0.25) is 5.02 Å². The summed E-state index contributed by atoms with van der Waals surface area (Å²) in [5.74, 6) is 1.95. The fraction of sp³-hybridized carbons (Fsp3) is 0.316. The van der Waals surface area contributed by atoms with E-state index in [1.165, 1.54) is 0 Å². The summed E-state index contributed by atoms with van der Waals surface area (Å²) in [6, 6.07) is 8.76. The number of carbonyl (C=O) groups is 1. The van der Waals surface area contributed by atoms with Gasteiger partial charge in [-0.3, -0.25) is 9.69 Å². The summed E-state index contributed by atoms with van der Waals surface area (Å²) < 4.78 is 5.37. The smallest absolute Gasteiger partial charge is 0.249 e. The van der Waals surface area contributed by atoms with Gasteiger partial charge in [-0.1, -0.05) is 16.8 Å². The molecule has 28 heavy (non-hydrogen) atoms. The average molecular weight is 399 g/mol. The van der Waals surface area contributed by atoms with Gasteiger partial charge in [0, 0.05) is 29.2 Å². The minimum absolute atomic E-state index is 0.0784. The van der Waals surface area contributed by atoms with Crippen molar-refractivity contribution in [1.29, 1.82) is 0 Å². The summed E-state index contributed by atoms with van der Waals surface area (Å²) in [5, 5.41) is 7.81. The Labute approximate surface area is 166 Å². The monoisotopic (exact) mass is 398 g/mol. The second-order valence-electron chi connectivity index (χ2n) is 6.72. The lowest BCUT2D eigenvalue weighted by Gasteiger charge is -2.21. The Bertz CT molecular complexity index is 990. The Morgan fingerprint density at radius 1 is 1.25 bits per heavy atom. The number of nitrogens with one attached hydrogen (secondary N) is 1. The number of benzene rings is 1. The van der Waals surface area contributed by atoms with Crippen LogP contribution >= 0.6 is 11.6 Å². The molecule has 0 bridgehead atoms. The summed E-state index contributed by atoms with van der Waals surface area (Å²) in [5.41, 5.74) is 0.811. The predicted molar refractivity (Wildman–Crippen MR) is 105 cm³/mol. The lowest BCUT2D eigenvalue weighted by molar-refractivity contribution is -0.117. The summed E-state index contributed by atoms with van der Waals surface area (Å²) in [6.07, 6.45) is 3.00. The van der Waals surface area contributed by atoms with Gasteiger partial charge in [0.1, 0.15) is 11.9 Å². The SMILES string of the molecule is C[C@@H]1CCC(=O)N1c1ccnc(N[C@H](C)c2nc(-c3ccc(Cl)cc3)no2)n1. The van der Waals surface area contributed by atoms with Crippen molar-refractivity contribution in [2.75, 3.05) is 10.2 Å². The van der Waals surface area contributed by atoms with Gasteiger partial charge in [-0.05, 0) is 50.6 Å². The molecule has 2 atom stereocenters. The molecule has 1 fully saturated rings. The summed E-state index contributed by atoms with van der Waals surface area (Å²) in [4.78, 5) is 27.0. The predicted octanol–water partition coefficient (Wildman–Crippen LogP) is 3.87. The van der Waals surface area contributed by atoms with Gasteiger partial charge in [-0.25, -0.2) is 4.98 Å². The maximum absolute atomic E-state index is 12.1. The van der Waals surface area contributed by atoms with Crippen LogP contribution < -0.4 is 10.2 Å². The molecule has 144 valence electrons. The molecule has 3 heterocycles. The van der Waals surface area contributed by atoms with E-state index in [0.717, 1.165) is 12.0 Å². The highest BCUT2D eigenvalue weighted by Crippen LogP contribution is 2.26. The third-order valence-corrected chi connectivity index (χ3v) is 4.89. The van der Waals surface area contributed by atoms with Gasteiger partial charge < -0.3 is 9.84 Å². The molecular weight excluding hydrogens is 380 g/mol. The third kappa shape index (κ3) is 3.68. The van der Waals surface area contributed by atoms with E-state index < -0.39 is 0 Å². The number of hydrogen-bond acceptors (Lipinski definition) is 7. The minimum Gasteiger partial charge on any atom is -0.343 e. The van der Waals surface area contributed by atoms with Crippen LogP contribution in [-0.4, -0.2) is 32.1 Å². The first-order valence-corrected chi connectivity index (χ1v) is 9.40. The Hall–Kier alpha value is -3.00. The Balaban J connectivity index is 1.50. The Morgan fingerprint density at radius 2 is 2.04 bits per heavy atom. The maximum Gasteiger partial charge on any atom is 0.249 e. The van der Waals surface area contributed by atoms with Crippen LogP contribution in [0.5, 0.6) is 0 Å². The molecule has 8 nitrogen and oxygen atoms in total. The highest BCUT2D eigenvalue weighted by molar-refractivity contribution is 6.30. The van der Waals surface area contributed by atoms with E-state index >= 15 is 0 Å². The van der Waals surface area contributed by atoms with Gasteiger partial charge >= 0.3 is 0 Å². The van der Waals surface area contributed by atoms with Crippen LogP contribution in [0.15, 0.2) is 41.1 Å². The summed E-state index contributed by atoms with van der Waals surface area (Å²) in [7, 11) is 0. The highest BCUT2D eigenvalue weighted by Gasteiger charge is 2.30. The molecule has 0 unspecified atom stereocenters. The van der Waals surface area contributed by atoms with Crippen LogP contribution in [0.3, 0.4) is 0 Å². The van der Waals surface area contributed by atoms with Gasteiger partial charge in [0.25, 0.3) is 0 Å². The zero-order valence-electron chi connectivity index (χ0n) is 15.5. The molecule has 1 N–H and O–H groups in total. The number of amides is 1. The summed E-state index contributed by atoms with van der Waals surface area (Å²) >= 11 is 5.91. The van der Waals surface area contributed by atoms with Crippen molar-refractivity contribution in [2.24, 2.45) is 0 Å². The van der Waals surface area contributed by atoms with Crippen LogP contribution in [0, 0.1) is 0 Å². The van der Waals surface area contributed by atoms with Crippen molar-refractivity contribution in [3.8, 4) is 11.4 Å². The number of carbonyl (C=O) groups excluding carboxylic acids is 1. The van der Waals surface area contributed by atoms with Crippen molar-refractivity contribution in [3.63, 3.8) is 0 Å². The van der Waals surface area contributed by atoms with Crippen LogP contribution in [0.25, 0.3) is 11.4 Å². The number of aromatic nitrogens is 4. The molecule has 0 saturated carbocycles. The molecule has 3 aromatic rings. The Morgan fingerprint density at radius 3 is 2.75 bits per heavy atom. The molecule has 0 aliphatic carbocycles. The van der Waals surface area contributed by atoms with Gasteiger partial charge in [-0.2, -0.15) is 9.97 Å². The standard InChI is InChI=1S/C19H19ClN6O2/c1-11-3-8-16(27)26(11)15-9-10-21-19(23-15)22-12(2)18-24-17(25-28-18)13-4-6-14(20)7-5-13/h4-7,9-12H,3,8H2,1-2H3,(H,21,22,23)/t11-,12-/m1/s1. The van der Waals surface area contributed by atoms with Crippen LogP contribution in [0.4, 0.5) is 11.8 Å². The van der Waals surface area contributed by atoms with E-state index in [9.17, 15) is 4.79 Å². The van der Waals surface area contributed by atoms with Gasteiger partial charge in [0.05, 0.1) is 0 Å². The number of anilines is 2. The van der Waals surface area contributed by atoms with Crippen molar-refractivity contribution >= 4 is 29.3 Å². The van der Waals surface area contributed by atoms with Crippen molar-refractivity contribution in [2.45, 2.75) is 38.8 Å². The normalized spacial score (nSPS) is 17.8. The molecule has 4 rings (SSSR count). The fourth-order valence-corrected chi connectivity index (χ4v) is 3.24. The third-order valence-electron chi connectivity index (χ3n) is 4.63. The van der Waals surface area contributed by atoms with Gasteiger partial charge in [-0.15, -0.1) is 0 Å². The average Bonchev–Trinajstić information content (AvgIpc) is 3.30. The Kier molecular flexibility index (Phi) is 4.95. The lowest BCUT2D eigenvalue weighted by atomic mass is 10.2. The highest BCUT2D eigenvalue weighted by atomic mass is 35.5. The number of hydrogen-bond donors (Lipinski definition) is 1. The first kappa shape index (κ1) is 18.4. The minimum atomic E-state index is -0.310. The molecule has 1 aliphatic heterocycles. The van der Waals surface area contributed by atoms with E-state index in [2.05, 4.69) is 25.4 Å². The molecule has 0 radical (unpaired) electrons. The molecule has 1 saturated heterocycles. The molecular formula is C19H19ClN6O2. The van der Waals surface area contributed by atoms with Crippen LogP contribution in [0.1, 0.15) is 38.6 Å². The van der Waals surface area contributed by atoms with Crippen molar-refractivity contribution in [3.05, 3.63) is 47.4 Å². The second kappa shape index (κ2) is 7.55. The quantitative estimate of drug-likeness (QED) is 0.696. The molecule has 9 heteroatoms. The zero-order chi connectivity index (χ0) is 19.7. The van der Waals surface area contributed by atoms with E-state index in [1.54, 1.807) is 29.3 Å². The van der Waals surface area contributed by atoms with E-state index in [4.69, 9.17) is 16.1 Å². The first-order valence-electron chi connectivity index (χ1n) is 9.02. The van der Waals surface area contributed by atoms with E-state index in [1.807, 2.05) is 26.0 Å². The largest absolute Gasteiger partial charge is 0.343 e. The van der Waals surface area contributed by atoms with Gasteiger partial charge in [0.2, 0.25) is 23.6 Å². The topological polar surface area (TPSA) is 97.0 Å². The molecule has 0 spiro atoms. The van der Waals surface area contributed by atoms with Gasteiger partial charge in [0.15, 0.2) is 0 Å². The molecule has 2 aromatic heterocycles.